The van der Waals surface area contributed by atoms with E-state index in [9.17, 15) is 18.3 Å². The SMILES string of the molecule is CC(C)C[C@H](CO)Nc1nc(NS(C)(=O)=O)nc(SCc2c[c-]c(OC[C-]=O)cc2)n1.[CH3-].[Li+]. The summed E-state index contributed by atoms with van der Waals surface area (Å²) in [7, 11) is -3.58. The topological polar surface area (TPSA) is 143 Å². The molecule has 10 nitrogen and oxygen atoms in total. The number of rotatable bonds is 13. The van der Waals surface area contributed by atoms with Crippen LogP contribution in [-0.4, -0.2) is 60.3 Å². The van der Waals surface area contributed by atoms with Gasteiger partial charge in [-0.15, -0.1) is 17.7 Å². The van der Waals surface area contributed by atoms with Crippen molar-refractivity contribution in [2.75, 3.05) is 29.5 Å². The minimum absolute atomic E-state index is 0. The van der Waals surface area contributed by atoms with Gasteiger partial charge in [0.05, 0.1) is 18.9 Å². The molecule has 0 amide bonds. The molecule has 2 rings (SSSR count). The van der Waals surface area contributed by atoms with Crippen molar-refractivity contribution in [3.63, 3.8) is 0 Å². The fourth-order valence-electron chi connectivity index (χ4n) is 2.51. The first-order valence-electron chi connectivity index (χ1n) is 9.41. The van der Waals surface area contributed by atoms with E-state index in [0.29, 0.717) is 29.0 Å². The second-order valence-electron chi connectivity index (χ2n) is 7.08. The summed E-state index contributed by atoms with van der Waals surface area (Å²) >= 11 is 1.28. The maximum Gasteiger partial charge on any atom is 1.00 e. The van der Waals surface area contributed by atoms with Crippen molar-refractivity contribution in [2.24, 2.45) is 5.92 Å². The van der Waals surface area contributed by atoms with Crippen LogP contribution in [-0.2, 0) is 20.6 Å². The van der Waals surface area contributed by atoms with E-state index in [-0.39, 0.29) is 57.4 Å². The van der Waals surface area contributed by atoms with Gasteiger partial charge in [-0.25, -0.2) is 14.7 Å². The van der Waals surface area contributed by atoms with Gasteiger partial charge >= 0.3 is 18.9 Å². The number of anilines is 2. The Labute approximate surface area is 212 Å². The van der Waals surface area contributed by atoms with Crippen molar-refractivity contribution in [2.45, 2.75) is 37.2 Å². The van der Waals surface area contributed by atoms with E-state index in [4.69, 9.17) is 4.74 Å². The fraction of sp³-hybridized carbons (Fsp3) is 0.450. The molecule has 0 aliphatic rings. The summed E-state index contributed by atoms with van der Waals surface area (Å²) in [5, 5.41) is 12.9. The number of thioether (sulfide) groups is 1. The number of benzene rings is 1. The molecule has 1 aromatic carbocycles. The van der Waals surface area contributed by atoms with Gasteiger partial charge in [0.2, 0.25) is 21.9 Å². The molecule has 0 bridgehead atoms. The van der Waals surface area contributed by atoms with Crippen LogP contribution in [0.25, 0.3) is 0 Å². The van der Waals surface area contributed by atoms with E-state index in [1.165, 1.54) is 11.8 Å². The summed E-state index contributed by atoms with van der Waals surface area (Å²) in [6.07, 6.45) is 3.34. The van der Waals surface area contributed by atoms with Gasteiger partial charge in [0.1, 0.15) is 0 Å². The Morgan fingerprint density at radius 2 is 1.94 bits per heavy atom. The molecule has 0 saturated carbocycles. The zero-order valence-electron chi connectivity index (χ0n) is 19.5. The summed E-state index contributed by atoms with van der Waals surface area (Å²) in [5.41, 5.74) is 0.896. The Kier molecular flexibility index (Phi) is 14.3. The van der Waals surface area contributed by atoms with Crippen LogP contribution in [0.5, 0.6) is 5.75 Å². The van der Waals surface area contributed by atoms with Crippen LogP contribution < -0.4 is 33.6 Å². The van der Waals surface area contributed by atoms with Crippen LogP contribution in [0.1, 0.15) is 25.8 Å². The molecule has 3 N–H and O–H groups in total. The molecule has 0 fully saturated rings. The first-order valence-corrected chi connectivity index (χ1v) is 12.3. The first kappa shape index (κ1) is 31.2. The van der Waals surface area contributed by atoms with Crippen molar-refractivity contribution in [1.82, 2.24) is 15.0 Å². The van der Waals surface area contributed by atoms with Crippen molar-refractivity contribution in [1.29, 1.82) is 0 Å². The summed E-state index contributed by atoms with van der Waals surface area (Å²) in [6.45, 7) is 3.78. The van der Waals surface area contributed by atoms with Gasteiger partial charge in [-0.2, -0.15) is 27.1 Å². The van der Waals surface area contributed by atoms with Crippen molar-refractivity contribution < 1.29 is 41.9 Å². The molecule has 1 aromatic heterocycles. The molecular weight excluding hydrogens is 461 g/mol. The molecule has 1 heterocycles. The first-order chi connectivity index (χ1) is 14.7. The predicted molar refractivity (Wildman–Crippen MR) is 125 cm³/mol. The van der Waals surface area contributed by atoms with E-state index < -0.39 is 10.0 Å². The Hall–Kier alpha value is -1.84. The molecule has 0 aliphatic carbocycles. The van der Waals surface area contributed by atoms with Crippen LogP contribution >= 0.6 is 11.8 Å². The summed E-state index contributed by atoms with van der Waals surface area (Å²) in [4.78, 5) is 22.8. The van der Waals surface area contributed by atoms with Crippen molar-refractivity contribution in [3.8, 4) is 5.75 Å². The Morgan fingerprint density at radius 1 is 1.24 bits per heavy atom. The number of carbonyl (C=O) groups excluding carboxylic acids is 1. The number of nitrogens with one attached hydrogen (secondary N) is 2. The van der Waals surface area contributed by atoms with Crippen LogP contribution in [0.4, 0.5) is 11.9 Å². The average molecular weight is 490 g/mol. The van der Waals surface area contributed by atoms with Crippen LogP contribution in [0.3, 0.4) is 0 Å². The molecule has 1 atom stereocenters. The quantitative estimate of drug-likeness (QED) is 0.184. The second kappa shape index (κ2) is 15.1. The second-order valence-corrected chi connectivity index (χ2v) is 9.77. The molecule has 0 aliphatic heterocycles. The number of aliphatic hydroxyl groups excluding tert-OH is 1. The number of sulfonamides is 1. The number of hydrogen-bond acceptors (Lipinski definition) is 10. The number of ether oxygens (including phenoxy) is 1. The molecule has 0 radical (unpaired) electrons. The van der Waals surface area contributed by atoms with Crippen LogP contribution in [0.15, 0.2) is 23.4 Å². The molecule has 13 heteroatoms. The Morgan fingerprint density at radius 3 is 2.48 bits per heavy atom. The zero-order chi connectivity index (χ0) is 22.9. The Bertz CT molecular complexity index is 962. The van der Waals surface area contributed by atoms with Gasteiger partial charge in [0.15, 0.2) is 5.16 Å². The van der Waals surface area contributed by atoms with Crippen LogP contribution in [0.2, 0.25) is 0 Å². The summed E-state index contributed by atoms with van der Waals surface area (Å²) in [5.74, 6) is 1.31. The van der Waals surface area contributed by atoms with Crippen molar-refractivity contribution in [3.05, 3.63) is 37.3 Å². The molecule has 0 spiro atoms. The fourth-order valence-corrected chi connectivity index (χ4v) is 3.71. The third kappa shape index (κ3) is 12.3. The van der Waals surface area contributed by atoms with E-state index in [1.807, 2.05) is 19.9 Å². The Balaban J connectivity index is 0.00000512. The van der Waals surface area contributed by atoms with Crippen molar-refractivity contribution >= 4 is 40.0 Å². The van der Waals surface area contributed by atoms with Gasteiger partial charge in [-0.1, -0.05) is 25.6 Å². The monoisotopic (exact) mass is 489 g/mol. The van der Waals surface area contributed by atoms with Gasteiger partial charge in [-0.3, -0.25) is 4.72 Å². The minimum Gasteiger partial charge on any atom is -0.547 e. The molecule has 2 aromatic rings. The summed E-state index contributed by atoms with van der Waals surface area (Å²) < 4.78 is 30.6. The molecule has 178 valence electrons. The van der Waals surface area contributed by atoms with Gasteiger partial charge in [-0.05, 0) is 24.7 Å². The normalized spacial score (nSPS) is 11.7. The average Bonchev–Trinajstić information content (AvgIpc) is 2.69. The third-order valence-corrected chi connectivity index (χ3v) is 5.18. The summed E-state index contributed by atoms with van der Waals surface area (Å²) in [6, 6.07) is 7.84. The molecular formula is C20H28LiN5O5S2-2. The molecule has 0 unspecified atom stereocenters. The minimum atomic E-state index is -3.58. The van der Waals surface area contributed by atoms with E-state index >= 15 is 0 Å². The number of aliphatic hydroxyl groups is 1. The van der Waals surface area contributed by atoms with E-state index in [2.05, 4.69) is 31.1 Å². The van der Waals surface area contributed by atoms with Gasteiger partial charge in [0.25, 0.3) is 0 Å². The number of hydrogen-bond donors (Lipinski definition) is 3. The van der Waals surface area contributed by atoms with E-state index in [0.717, 1.165) is 11.8 Å². The smallest absolute Gasteiger partial charge is 0.547 e. The van der Waals surface area contributed by atoms with E-state index in [1.54, 1.807) is 18.4 Å². The third-order valence-electron chi connectivity index (χ3n) is 3.70. The van der Waals surface area contributed by atoms with Gasteiger partial charge < -0.3 is 27.4 Å². The largest absolute Gasteiger partial charge is 1.00 e. The molecule has 33 heavy (non-hydrogen) atoms. The maximum atomic E-state index is 11.6. The van der Waals surface area contributed by atoms with Gasteiger partial charge in [0, 0.05) is 5.75 Å². The van der Waals surface area contributed by atoms with Crippen LogP contribution in [0, 0.1) is 19.4 Å². The number of nitrogens with zero attached hydrogens (tertiary/aromatic N) is 3. The standard InChI is InChI=1S/C19H25N5O5S2.CH3.Li/c1-13(2)10-15(11-26)20-17-21-18(24-31(3,27)28)23-19(22-17)30-12-14-4-6-16(7-5-14)29-9-8-25;;/h4-6,13,15,26H,9-12H2,1-3H3,(H2,20,21,22,23,24);1H3;/q-2;-1;+1/t15-;;/m1../s1. The predicted octanol–water partition coefficient (Wildman–Crippen LogP) is -0.903. The number of aromatic nitrogens is 3. The maximum absolute atomic E-state index is 11.6. The molecule has 0 saturated heterocycles. The zero-order valence-corrected chi connectivity index (χ0v) is 21.1.